The normalized spacial score (nSPS) is 23.8. The average molecular weight is 309 g/mol. The highest BCUT2D eigenvalue weighted by atomic mass is 15.3. The smallest absolute Gasteiger partial charge is 0.155 e. The highest BCUT2D eigenvalue weighted by Crippen LogP contribution is 2.29. The third-order valence-corrected chi connectivity index (χ3v) is 4.89. The fraction of sp³-hybridized carbons (Fsp3) is 0.438. The first-order valence-electron chi connectivity index (χ1n) is 8.11. The lowest BCUT2D eigenvalue weighted by atomic mass is 10.2. The predicted molar refractivity (Wildman–Crippen MR) is 87.3 cm³/mol. The minimum atomic E-state index is 0.584. The number of hydrogen-bond donors (Lipinski definition) is 1. The van der Waals surface area contributed by atoms with Gasteiger partial charge in [0.25, 0.3) is 0 Å². The molecule has 0 spiro atoms. The van der Waals surface area contributed by atoms with E-state index in [9.17, 15) is 0 Å². The summed E-state index contributed by atoms with van der Waals surface area (Å²) in [5, 5.41) is 12.4. The van der Waals surface area contributed by atoms with Gasteiger partial charge in [0.1, 0.15) is 5.52 Å². The van der Waals surface area contributed by atoms with Gasteiger partial charge in [-0.2, -0.15) is 10.2 Å². The highest BCUT2D eigenvalue weighted by Gasteiger charge is 2.33. The van der Waals surface area contributed by atoms with Crippen molar-refractivity contribution in [2.24, 2.45) is 7.05 Å². The largest absolute Gasteiger partial charge is 0.352 e. The lowest BCUT2D eigenvalue weighted by Gasteiger charge is -2.34. The first-order valence-corrected chi connectivity index (χ1v) is 8.11. The number of hydrogen-bond acceptors (Lipinski definition) is 5. The summed E-state index contributed by atoms with van der Waals surface area (Å²) in [6.07, 6.45) is 10.2. The zero-order valence-electron chi connectivity index (χ0n) is 13.1. The maximum Gasteiger partial charge on any atom is 0.155 e. The van der Waals surface area contributed by atoms with E-state index in [0.29, 0.717) is 12.1 Å². The molecule has 1 N–H and O–H groups in total. The minimum absolute atomic E-state index is 0.584. The number of aryl methyl sites for hydroxylation is 1. The summed E-state index contributed by atoms with van der Waals surface area (Å²) in [5.74, 6) is 1.03. The van der Waals surface area contributed by atoms with Crippen molar-refractivity contribution in [3.05, 3.63) is 30.9 Å². The topological polar surface area (TPSA) is 63.3 Å². The van der Waals surface area contributed by atoms with E-state index < -0.39 is 0 Å². The third-order valence-electron chi connectivity index (χ3n) is 4.89. The van der Waals surface area contributed by atoms with Crippen molar-refractivity contribution in [3.8, 4) is 11.3 Å². The fourth-order valence-electron chi connectivity index (χ4n) is 3.81. The van der Waals surface area contributed by atoms with Crippen molar-refractivity contribution in [3.63, 3.8) is 0 Å². The maximum atomic E-state index is 4.96. The van der Waals surface area contributed by atoms with E-state index in [2.05, 4.69) is 20.4 Å². The van der Waals surface area contributed by atoms with Gasteiger partial charge in [-0.3, -0.25) is 4.68 Å². The molecular formula is C16H19N7. The van der Waals surface area contributed by atoms with Crippen LogP contribution in [0.2, 0.25) is 0 Å². The Morgan fingerprint density at radius 2 is 1.96 bits per heavy atom. The third kappa shape index (κ3) is 2.11. The van der Waals surface area contributed by atoms with Crippen LogP contribution in [-0.4, -0.2) is 49.6 Å². The van der Waals surface area contributed by atoms with Gasteiger partial charge in [-0.05, 0) is 18.9 Å². The monoisotopic (exact) mass is 309 g/mol. The predicted octanol–water partition coefficient (Wildman–Crippen LogP) is 1.07. The standard InChI is InChI=1S/C16H19N7/c1-21-7-11(6-18-21)14-10-23-15(4-5-17-23)16(20-14)22-8-12-2-3-13(9-22)19-12/h4-7,10,12-13,19H,2-3,8-9H2,1H3. The van der Waals surface area contributed by atoms with E-state index in [4.69, 9.17) is 4.98 Å². The Balaban J connectivity index is 1.63. The summed E-state index contributed by atoms with van der Waals surface area (Å²) in [7, 11) is 1.92. The van der Waals surface area contributed by atoms with Gasteiger partial charge >= 0.3 is 0 Å². The van der Waals surface area contributed by atoms with Crippen molar-refractivity contribution >= 4 is 11.3 Å². The van der Waals surface area contributed by atoms with E-state index >= 15 is 0 Å². The van der Waals surface area contributed by atoms with Crippen LogP contribution in [0.1, 0.15) is 12.8 Å². The second kappa shape index (κ2) is 4.79. The molecule has 2 bridgehead atoms. The van der Waals surface area contributed by atoms with E-state index in [-0.39, 0.29) is 0 Å². The van der Waals surface area contributed by atoms with Gasteiger partial charge in [-0.15, -0.1) is 0 Å². The molecule has 5 rings (SSSR count). The van der Waals surface area contributed by atoms with Gasteiger partial charge in [0, 0.05) is 44.0 Å². The molecule has 2 aliphatic heterocycles. The highest BCUT2D eigenvalue weighted by molar-refractivity contribution is 5.73. The minimum Gasteiger partial charge on any atom is -0.352 e. The van der Waals surface area contributed by atoms with Crippen molar-refractivity contribution < 1.29 is 0 Å². The summed E-state index contributed by atoms with van der Waals surface area (Å²) in [6, 6.07) is 3.21. The van der Waals surface area contributed by atoms with Gasteiger partial charge in [-0.25, -0.2) is 9.50 Å². The number of piperazine rings is 1. The zero-order valence-corrected chi connectivity index (χ0v) is 13.1. The molecule has 0 aliphatic carbocycles. The van der Waals surface area contributed by atoms with Gasteiger partial charge in [0.05, 0.1) is 24.3 Å². The van der Waals surface area contributed by atoms with Gasteiger partial charge in [-0.1, -0.05) is 0 Å². The molecule has 3 aromatic rings. The lowest BCUT2D eigenvalue weighted by molar-refractivity contribution is 0.464. The van der Waals surface area contributed by atoms with Crippen LogP contribution in [0.5, 0.6) is 0 Å². The Morgan fingerprint density at radius 3 is 2.70 bits per heavy atom. The van der Waals surface area contributed by atoms with Gasteiger partial charge < -0.3 is 10.2 Å². The molecule has 7 heteroatoms. The summed E-state index contributed by atoms with van der Waals surface area (Å²) in [5.41, 5.74) is 3.00. The summed E-state index contributed by atoms with van der Waals surface area (Å²) in [6.45, 7) is 2.03. The fourth-order valence-corrected chi connectivity index (χ4v) is 3.81. The number of nitrogens with zero attached hydrogens (tertiary/aromatic N) is 6. The molecule has 3 aromatic heterocycles. The molecular weight excluding hydrogens is 290 g/mol. The Hall–Kier alpha value is -2.41. The first kappa shape index (κ1) is 13.1. The Morgan fingerprint density at radius 1 is 1.13 bits per heavy atom. The average Bonchev–Trinajstić information content (AvgIpc) is 3.26. The van der Waals surface area contributed by atoms with Gasteiger partial charge in [0.2, 0.25) is 0 Å². The van der Waals surface area contributed by atoms with E-state index in [1.54, 1.807) is 4.68 Å². The maximum absolute atomic E-state index is 4.96. The molecule has 118 valence electrons. The number of rotatable bonds is 2. The molecule has 2 fully saturated rings. The van der Waals surface area contributed by atoms with Crippen molar-refractivity contribution in [2.75, 3.05) is 18.0 Å². The van der Waals surface area contributed by atoms with Crippen LogP contribution >= 0.6 is 0 Å². The molecule has 0 aromatic carbocycles. The zero-order chi connectivity index (χ0) is 15.4. The van der Waals surface area contributed by atoms with Crippen LogP contribution in [-0.2, 0) is 7.05 Å². The van der Waals surface area contributed by atoms with E-state index in [0.717, 1.165) is 35.7 Å². The quantitative estimate of drug-likeness (QED) is 0.767. The number of fused-ring (bicyclic) bond motifs is 3. The SMILES string of the molecule is Cn1cc(-c2cn3nccc3c(N3CC4CCC(C3)N4)n2)cn1. The molecule has 0 amide bonds. The molecule has 5 heterocycles. The Bertz CT molecular complexity index is 852. The van der Waals surface area contributed by atoms with E-state index in [1.165, 1.54) is 12.8 Å². The summed E-state index contributed by atoms with van der Waals surface area (Å²) in [4.78, 5) is 7.37. The Kier molecular flexibility index (Phi) is 2.72. The van der Waals surface area contributed by atoms with Crippen molar-refractivity contribution in [1.82, 2.24) is 29.7 Å². The van der Waals surface area contributed by atoms with Crippen LogP contribution in [0.3, 0.4) is 0 Å². The number of anilines is 1. The molecule has 2 unspecified atom stereocenters. The second-order valence-electron chi connectivity index (χ2n) is 6.56. The Labute approximate surface area is 133 Å². The summed E-state index contributed by atoms with van der Waals surface area (Å²) >= 11 is 0. The molecule has 2 atom stereocenters. The molecule has 23 heavy (non-hydrogen) atoms. The van der Waals surface area contributed by atoms with E-state index in [1.807, 2.05) is 42.4 Å². The van der Waals surface area contributed by atoms with Crippen LogP contribution in [0, 0.1) is 0 Å². The first-order chi connectivity index (χ1) is 11.3. The molecule has 0 saturated carbocycles. The van der Waals surface area contributed by atoms with Crippen molar-refractivity contribution in [1.29, 1.82) is 0 Å². The van der Waals surface area contributed by atoms with Crippen molar-refractivity contribution in [2.45, 2.75) is 24.9 Å². The van der Waals surface area contributed by atoms with Crippen LogP contribution in [0.4, 0.5) is 5.82 Å². The van der Waals surface area contributed by atoms with Crippen LogP contribution in [0.15, 0.2) is 30.9 Å². The molecule has 0 radical (unpaired) electrons. The molecule has 7 nitrogen and oxygen atoms in total. The number of aromatic nitrogens is 5. The van der Waals surface area contributed by atoms with Crippen LogP contribution < -0.4 is 10.2 Å². The molecule has 2 aliphatic rings. The molecule has 2 saturated heterocycles. The lowest BCUT2D eigenvalue weighted by Crippen LogP contribution is -2.51. The van der Waals surface area contributed by atoms with Gasteiger partial charge in [0.15, 0.2) is 5.82 Å². The van der Waals surface area contributed by atoms with Crippen LogP contribution in [0.25, 0.3) is 16.8 Å². The summed E-state index contributed by atoms with van der Waals surface area (Å²) < 4.78 is 3.73. The second-order valence-corrected chi connectivity index (χ2v) is 6.56. The number of nitrogens with one attached hydrogen (secondary N) is 1.